The van der Waals surface area contributed by atoms with E-state index in [1.165, 1.54) is 0 Å². The molecule has 0 bridgehead atoms. The monoisotopic (exact) mass is 343 g/mol. The van der Waals surface area contributed by atoms with Crippen molar-refractivity contribution in [3.8, 4) is 0 Å². The molecule has 5 nitrogen and oxygen atoms in total. The molecule has 1 aromatic heterocycles. The topological polar surface area (TPSA) is 48.8 Å². The summed E-state index contributed by atoms with van der Waals surface area (Å²) in [5, 5.41) is 10.2. The molecule has 2 rings (SSSR count). The van der Waals surface area contributed by atoms with Crippen LogP contribution in [-0.4, -0.2) is 67.5 Å². The summed E-state index contributed by atoms with van der Waals surface area (Å²) in [5.74, 6) is 0.858. The quantitative estimate of drug-likeness (QED) is 0.872. The summed E-state index contributed by atoms with van der Waals surface area (Å²) in [6, 6.07) is 2.03. The largest absolute Gasteiger partial charge is 0.390 e. The summed E-state index contributed by atoms with van der Waals surface area (Å²) >= 11 is 3.52. The van der Waals surface area contributed by atoms with Gasteiger partial charge in [-0.3, -0.25) is 4.90 Å². The van der Waals surface area contributed by atoms with Crippen LogP contribution in [0.25, 0.3) is 0 Å². The minimum atomic E-state index is -0.395. The second-order valence-corrected chi connectivity index (χ2v) is 6.12. The molecule has 0 saturated carbocycles. The van der Waals surface area contributed by atoms with Crippen molar-refractivity contribution >= 4 is 21.7 Å². The van der Waals surface area contributed by atoms with E-state index in [1.54, 1.807) is 0 Å². The van der Waals surface area contributed by atoms with Crippen molar-refractivity contribution < 1.29 is 9.84 Å². The lowest BCUT2D eigenvalue weighted by Crippen LogP contribution is -2.44. The van der Waals surface area contributed by atoms with E-state index in [9.17, 15) is 5.11 Å². The number of hydrogen-bond donors (Lipinski definition) is 1. The van der Waals surface area contributed by atoms with Crippen molar-refractivity contribution in [2.45, 2.75) is 13.0 Å². The Hall–Kier alpha value is -0.690. The number of rotatable bonds is 5. The van der Waals surface area contributed by atoms with Gasteiger partial charge in [-0.2, -0.15) is 0 Å². The zero-order chi connectivity index (χ0) is 14.5. The number of morpholine rings is 1. The van der Waals surface area contributed by atoms with Gasteiger partial charge in [0, 0.05) is 39.4 Å². The number of pyridine rings is 1. The van der Waals surface area contributed by atoms with E-state index in [0.717, 1.165) is 42.2 Å². The van der Waals surface area contributed by atoms with Crippen molar-refractivity contribution in [1.82, 2.24) is 9.88 Å². The number of hydrogen-bond acceptors (Lipinski definition) is 5. The molecule has 6 heteroatoms. The first kappa shape index (κ1) is 15.7. The Morgan fingerprint density at radius 1 is 1.50 bits per heavy atom. The average molecular weight is 344 g/mol. The molecule has 0 aromatic carbocycles. The smallest absolute Gasteiger partial charge is 0.142 e. The van der Waals surface area contributed by atoms with Crippen LogP contribution in [0.15, 0.2) is 16.7 Å². The number of aromatic nitrogens is 1. The first-order valence-electron chi connectivity index (χ1n) is 6.87. The van der Waals surface area contributed by atoms with E-state index in [4.69, 9.17) is 4.74 Å². The van der Waals surface area contributed by atoms with Crippen molar-refractivity contribution in [3.05, 3.63) is 22.3 Å². The van der Waals surface area contributed by atoms with Gasteiger partial charge in [-0.15, -0.1) is 0 Å². The lowest BCUT2D eigenvalue weighted by atomic mass is 10.2. The Bertz CT molecular complexity index is 438. The van der Waals surface area contributed by atoms with Crippen LogP contribution in [0, 0.1) is 6.92 Å². The molecule has 1 unspecified atom stereocenters. The van der Waals surface area contributed by atoms with Gasteiger partial charge in [0.15, 0.2) is 0 Å². The molecule has 1 atom stereocenters. The van der Waals surface area contributed by atoms with Crippen LogP contribution in [0.1, 0.15) is 5.56 Å². The van der Waals surface area contributed by atoms with Crippen LogP contribution in [-0.2, 0) is 4.74 Å². The van der Waals surface area contributed by atoms with Crippen molar-refractivity contribution in [1.29, 1.82) is 0 Å². The summed E-state index contributed by atoms with van der Waals surface area (Å²) in [6.07, 6.45) is 1.44. The number of halogens is 1. The molecule has 0 amide bonds. The fourth-order valence-corrected chi connectivity index (χ4v) is 3.12. The molecule has 0 aliphatic carbocycles. The highest BCUT2D eigenvalue weighted by Gasteiger charge is 2.17. The summed E-state index contributed by atoms with van der Waals surface area (Å²) in [6.45, 7) is 6.56. The number of likely N-dealkylation sites (N-methyl/N-ethyl adjacent to an activating group) is 1. The fourth-order valence-electron chi connectivity index (χ4n) is 2.35. The molecule has 1 fully saturated rings. The molecule has 1 aliphatic rings. The molecule has 0 radical (unpaired) electrons. The maximum Gasteiger partial charge on any atom is 0.142 e. The molecule has 20 heavy (non-hydrogen) atoms. The highest BCUT2D eigenvalue weighted by Crippen LogP contribution is 2.23. The number of nitrogens with zero attached hydrogens (tertiary/aromatic N) is 3. The second-order valence-electron chi connectivity index (χ2n) is 5.27. The van der Waals surface area contributed by atoms with E-state index < -0.39 is 6.10 Å². The van der Waals surface area contributed by atoms with Crippen molar-refractivity contribution in [3.63, 3.8) is 0 Å². The molecule has 1 N–H and O–H groups in total. The van der Waals surface area contributed by atoms with E-state index in [1.807, 2.05) is 31.1 Å². The number of β-amino-alcohol motifs (C(OH)–C–C–N with tert-alkyl or cyclic N) is 1. The highest BCUT2D eigenvalue weighted by atomic mass is 79.9. The number of aliphatic hydroxyl groups is 1. The Balaban J connectivity index is 1.87. The fraction of sp³-hybridized carbons (Fsp3) is 0.643. The SMILES string of the molecule is Cc1cnc(N(C)CC(O)CN2CCOCC2)c(Br)c1. The molecule has 1 aliphatic heterocycles. The summed E-state index contributed by atoms with van der Waals surface area (Å²) in [5.41, 5.74) is 1.11. The minimum absolute atomic E-state index is 0.395. The molecule has 112 valence electrons. The van der Waals surface area contributed by atoms with Crippen molar-refractivity contribution in [2.75, 3.05) is 51.3 Å². The predicted octanol–water partition coefficient (Wildman–Crippen LogP) is 1.28. The molecular formula is C14H22BrN3O2. The number of anilines is 1. The van der Waals surface area contributed by atoms with Gasteiger partial charge in [0.25, 0.3) is 0 Å². The van der Waals surface area contributed by atoms with Gasteiger partial charge in [-0.05, 0) is 34.5 Å². The molecule has 1 saturated heterocycles. The van der Waals surface area contributed by atoms with Gasteiger partial charge in [-0.1, -0.05) is 0 Å². The first-order valence-corrected chi connectivity index (χ1v) is 7.67. The highest BCUT2D eigenvalue weighted by molar-refractivity contribution is 9.10. The summed E-state index contributed by atoms with van der Waals surface area (Å²) in [4.78, 5) is 8.63. The number of aliphatic hydroxyl groups excluding tert-OH is 1. The van der Waals surface area contributed by atoms with Gasteiger partial charge in [0.05, 0.1) is 23.8 Å². The Morgan fingerprint density at radius 2 is 2.20 bits per heavy atom. The minimum Gasteiger partial charge on any atom is -0.390 e. The van der Waals surface area contributed by atoms with Gasteiger partial charge < -0.3 is 14.7 Å². The van der Waals surface area contributed by atoms with E-state index in [-0.39, 0.29) is 0 Å². The Labute approximate surface area is 128 Å². The van der Waals surface area contributed by atoms with Crippen LogP contribution >= 0.6 is 15.9 Å². The maximum atomic E-state index is 10.2. The van der Waals surface area contributed by atoms with Crippen LogP contribution in [0.3, 0.4) is 0 Å². The molecule has 0 spiro atoms. The zero-order valence-corrected chi connectivity index (χ0v) is 13.6. The zero-order valence-electron chi connectivity index (χ0n) is 12.0. The third kappa shape index (κ3) is 4.41. The second kappa shape index (κ2) is 7.36. The average Bonchev–Trinajstić information content (AvgIpc) is 2.39. The van der Waals surface area contributed by atoms with Gasteiger partial charge in [-0.25, -0.2) is 4.98 Å². The van der Waals surface area contributed by atoms with E-state index >= 15 is 0 Å². The number of aryl methyl sites for hydroxylation is 1. The van der Waals surface area contributed by atoms with Crippen molar-refractivity contribution in [2.24, 2.45) is 0 Å². The van der Waals surface area contributed by atoms with E-state index in [2.05, 4.69) is 25.8 Å². The molecular weight excluding hydrogens is 322 g/mol. The molecule has 2 heterocycles. The van der Waals surface area contributed by atoms with Crippen LogP contribution < -0.4 is 4.90 Å². The Kier molecular flexibility index (Phi) is 5.77. The lowest BCUT2D eigenvalue weighted by Gasteiger charge is -2.30. The Morgan fingerprint density at radius 3 is 2.85 bits per heavy atom. The lowest BCUT2D eigenvalue weighted by molar-refractivity contribution is 0.0162. The van der Waals surface area contributed by atoms with Crippen LogP contribution in [0.4, 0.5) is 5.82 Å². The third-order valence-electron chi connectivity index (χ3n) is 3.38. The summed E-state index contributed by atoms with van der Waals surface area (Å²) < 4.78 is 6.27. The normalized spacial score (nSPS) is 18.0. The predicted molar refractivity (Wildman–Crippen MR) is 83.2 cm³/mol. The van der Waals surface area contributed by atoms with Gasteiger partial charge in [0.2, 0.25) is 0 Å². The maximum absolute atomic E-state index is 10.2. The first-order chi connectivity index (χ1) is 9.56. The third-order valence-corrected chi connectivity index (χ3v) is 3.96. The van der Waals surface area contributed by atoms with Crippen LogP contribution in [0.2, 0.25) is 0 Å². The van der Waals surface area contributed by atoms with Crippen LogP contribution in [0.5, 0.6) is 0 Å². The summed E-state index contributed by atoms with van der Waals surface area (Å²) in [7, 11) is 1.95. The van der Waals surface area contributed by atoms with Gasteiger partial charge >= 0.3 is 0 Å². The van der Waals surface area contributed by atoms with Gasteiger partial charge in [0.1, 0.15) is 5.82 Å². The standard InChI is InChI=1S/C14H22BrN3O2/c1-11-7-13(15)14(16-8-11)17(2)9-12(19)10-18-3-5-20-6-4-18/h7-8,12,19H,3-6,9-10H2,1-2H3. The number of ether oxygens (including phenoxy) is 1. The molecule has 1 aromatic rings. The van der Waals surface area contributed by atoms with E-state index in [0.29, 0.717) is 13.1 Å².